The molecule has 132 valence electrons. The maximum Gasteiger partial charge on any atom is 0.270 e. The van der Waals surface area contributed by atoms with Crippen molar-refractivity contribution in [3.05, 3.63) is 47.3 Å². The molecule has 1 atom stereocenters. The van der Waals surface area contributed by atoms with Gasteiger partial charge in [-0.2, -0.15) is 0 Å². The fourth-order valence-corrected chi connectivity index (χ4v) is 3.13. The van der Waals surface area contributed by atoms with Gasteiger partial charge in [0.25, 0.3) is 5.91 Å². The van der Waals surface area contributed by atoms with Crippen LogP contribution in [0, 0.1) is 6.92 Å². The van der Waals surface area contributed by atoms with Crippen LogP contribution in [0.3, 0.4) is 0 Å². The van der Waals surface area contributed by atoms with Gasteiger partial charge < -0.3 is 15.1 Å². The highest BCUT2D eigenvalue weighted by Gasteiger charge is 2.29. The maximum atomic E-state index is 12.4. The van der Waals surface area contributed by atoms with E-state index in [-0.39, 0.29) is 11.9 Å². The zero-order valence-electron chi connectivity index (χ0n) is 15.3. The number of aromatic nitrogens is 2. The molecule has 0 saturated heterocycles. The van der Waals surface area contributed by atoms with Gasteiger partial charge in [-0.1, -0.05) is 18.2 Å². The van der Waals surface area contributed by atoms with Gasteiger partial charge in [-0.25, -0.2) is 9.97 Å². The van der Waals surface area contributed by atoms with Gasteiger partial charge in [0.2, 0.25) is 5.95 Å². The van der Waals surface area contributed by atoms with Crippen molar-refractivity contribution >= 4 is 17.5 Å². The third-order valence-corrected chi connectivity index (χ3v) is 4.34. The summed E-state index contributed by atoms with van der Waals surface area (Å²) < 4.78 is 0. The van der Waals surface area contributed by atoms with E-state index in [1.807, 2.05) is 32.0 Å². The average Bonchev–Trinajstić information content (AvgIpc) is 2.89. The second-order valence-electron chi connectivity index (χ2n) is 6.81. The Labute approximate surface area is 148 Å². The van der Waals surface area contributed by atoms with Crippen molar-refractivity contribution in [2.45, 2.75) is 26.3 Å². The minimum absolute atomic E-state index is 0.159. The smallest absolute Gasteiger partial charge is 0.270 e. The molecule has 0 spiro atoms. The Kier molecular flexibility index (Phi) is 4.99. The Hall–Kier alpha value is -2.47. The summed E-state index contributed by atoms with van der Waals surface area (Å²) in [6, 6.07) is 10.3. The number of benzene rings is 1. The molecular weight excluding hydrogens is 314 g/mol. The summed E-state index contributed by atoms with van der Waals surface area (Å²) >= 11 is 0. The van der Waals surface area contributed by atoms with Crippen LogP contribution in [-0.2, 0) is 6.42 Å². The molecule has 2 aromatic rings. The molecule has 1 aliphatic heterocycles. The number of nitrogens with one attached hydrogen (secondary N) is 1. The number of hydrogen-bond donors (Lipinski definition) is 1. The number of anilines is 2. The zero-order chi connectivity index (χ0) is 18.0. The lowest BCUT2D eigenvalue weighted by Crippen LogP contribution is -2.33. The van der Waals surface area contributed by atoms with Gasteiger partial charge in [0.1, 0.15) is 5.69 Å². The fourth-order valence-electron chi connectivity index (χ4n) is 3.13. The van der Waals surface area contributed by atoms with E-state index in [0.717, 1.165) is 24.3 Å². The molecule has 6 nitrogen and oxygen atoms in total. The summed E-state index contributed by atoms with van der Waals surface area (Å²) in [6.07, 6.45) is 0.956. The largest absolute Gasteiger partial charge is 0.349 e. The first kappa shape index (κ1) is 17.4. The summed E-state index contributed by atoms with van der Waals surface area (Å²) in [7, 11) is 3.95. The number of likely N-dealkylation sites (N-methyl/N-ethyl adjacent to an activating group) is 1. The van der Waals surface area contributed by atoms with Crippen molar-refractivity contribution in [3.8, 4) is 0 Å². The topological polar surface area (TPSA) is 61.4 Å². The SMILES string of the molecule is Cc1cc(C(=O)NCCN(C)C)nc(N2c3ccccc3CC2C)n1. The van der Waals surface area contributed by atoms with Crippen molar-refractivity contribution in [2.75, 3.05) is 32.1 Å². The van der Waals surface area contributed by atoms with Crippen molar-refractivity contribution in [1.82, 2.24) is 20.2 Å². The first-order chi connectivity index (χ1) is 12.0. The highest BCUT2D eigenvalue weighted by molar-refractivity contribution is 5.92. The molecule has 0 aliphatic carbocycles. The van der Waals surface area contributed by atoms with Gasteiger partial charge in [-0.15, -0.1) is 0 Å². The normalized spacial score (nSPS) is 16.2. The van der Waals surface area contributed by atoms with E-state index in [1.165, 1.54) is 5.56 Å². The highest BCUT2D eigenvalue weighted by atomic mass is 16.1. The number of hydrogen-bond acceptors (Lipinski definition) is 5. The molecule has 0 radical (unpaired) electrons. The van der Waals surface area contributed by atoms with Crippen LogP contribution in [0.15, 0.2) is 30.3 Å². The molecule has 0 bridgehead atoms. The number of aryl methyl sites for hydroxylation is 1. The summed E-state index contributed by atoms with van der Waals surface area (Å²) in [5.74, 6) is 0.434. The number of carbonyl (C=O) groups excluding carboxylic acids is 1. The predicted molar refractivity (Wildman–Crippen MR) is 99.4 cm³/mol. The minimum Gasteiger partial charge on any atom is -0.349 e. The predicted octanol–water partition coefficient (Wildman–Crippen LogP) is 2.16. The van der Waals surface area contributed by atoms with Crippen molar-refractivity contribution in [1.29, 1.82) is 0 Å². The van der Waals surface area contributed by atoms with E-state index in [4.69, 9.17) is 0 Å². The lowest BCUT2D eigenvalue weighted by atomic mass is 10.1. The third-order valence-electron chi connectivity index (χ3n) is 4.34. The van der Waals surface area contributed by atoms with Crippen molar-refractivity contribution < 1.29 is 4.79 Å². The molecule has 0 fully saturated rings. The average molecular weight is 339 g/mol. The van der Waals surface area contributed by atoms with E-state index in [1.54, 1.807) is 6.07 Å². The molecule has 3 rings (SSSR count). The van der Waals surface area contributed by atoms with E-state index < -0.39 is 0 Å². The van der Waals surface area contributed by atoms with E-state index in [9.17, 15) is 4.79 Å². The zero-order valence-corrected chi connectivity index (χ0v) is 15.3. The van der Waals surface area contributed by atoms with Crippen LogP contribution in [0.4, 0.5) is 11.6 Å². The van der Waals surface area contributed by atoms with E-state index >= 15 is 0 Å². The number of fused-ring (bicyclic) bond motifs is 1. The Bertz CT molecular complexity index is 774. The third kappa shape index (κ3) is 3.79. The monoisotopic (exact) mass is 339 g/mol. The van der Waals surface area contributed by atoms with Crippen LogP contribution >= 0.6 is 0 Å². The number of nitrogens with zero attached hydrogens (tertiary/aromatic N) is 4. The molecule has 1 amide bonds. The highest BCUT2D eigenvalue weighted by Crippen LogP contribution is 2.36. The number of rotatable bonds is 5. The first-order valence-corrected chi connectivity index (χ1v) is 8.61. The fraction of sp³-hybridized carbons (Fsp3) is 0.421. The second kappa shape index (κ2) is 7.19. The molecule has 1 aromatic heterocycles. The maximum absolute atomic E-state index is 12.4. The van der Waals surface area contributed by atoms with Gasteiger partial charge in [0.15, 0.2) is 0 Å². The Morgan fingerprint density at radius 3 is 2.84 bits per heavy atom. The molecule has 0 saturated carbocycles. The van der Waals surface area contributed by atoms with Crippen LogP contribution in [0.5, 0.6) is 0 Å². The lowest BCUT2D eigenvalue weighted by Gasteiger charge is -2.23. The van der Waals surface area contributed by atoms with Gasteiger partial charge in [-0.3, -0.25) is 4.79 Å². The Balaban J connectivity index is 1.86. The molecule has 1 unspecified atom stereocenters. The summed E-state index contributed by atoms with van der Waals surface area (Å²) in [4.78, 5) is 25.7. The summed E-state index contributed by atoms with van der Waals surface area (Å²) in [6.45, 7) is 5.43. The van der Waals surface area contributed by atoms with Crippen molar-refractivity contribution in [3.63, 3.8) is 0 Å². The molecule has 6 heteroatoms. The van der Waals surface area contributed by atoms with E-state index in [2.05, 4.69) is 45.3 Å². The van der Waals surface area contributed by atoms with Crippen LogP contribution in [0.25, 0.3) is 0 Å². The number of amides is 1. The van der Waals surface area contributed by atoms with Crippen molar-refractivity contribution in [2.24, 2.45) is 0 Å². The molecule has 25 heavy (non-hydrogen) atoms. The van der Waals surface area contributed by atoms with Crippen LogP contribution in [-0.4, -0.2) is 54.0 Å². The lowest BCUT2D eigenvalue weighted by molar-refractivity contribution is 0.0946. The van der Waals surface area contributed by atoms with Gasteiger partial charge in [-0.05, 0) is 52.1 Å². The quantitative estimate of drug-likeness (QED) is 0.904. The number of carbonyl (C=O) groups is 1. The molecule has 2 heterocycles. The van der Waals surface area contributed by atoms with Gasteiger partial charge in [0.05, 0.1) is 0 Å². The standard InChI is InChI=1S/C19H25N5O/c1-13-11-16(18(25)20-9-10-23(3)4)22-19(21-13)24-14(2)12-15-7-5-6-8-17(15)24/h5-8,11,14H,9-10,12H2,1-4H3,(H,20,25). The first-order valence-electron chi connectivity index (χ1n) is 8.61. The van der Waals surface area contributed by atoms with Crippen LogP contribution in [0.1, 0.15) is 28.7 Å². The molecule has 1 aliphatic rings. The van der Waals surface area contributed by atoms with Crippen LogP contribution in [0.2, 0.25) is 0 Å². The Morgan fingerprint density at radius 2 is 2.08 bits per heavy atom. The van der Waals surface area contributed by atoms with Gasteiger partial charge >= 0.3 is 0 Å². The minimum atomic E-state index is -0.159. The van der Waals surface area contributed by atoms with Crippen LogP contribution < -0.4 is 10.2 Å². The van der Waals surface area contributed by atoms with Gasteiger partial charge in [0, 0.05) is 30.5 Å². The molecule has 1 N–H and O–H groups in total. The summed E-state index contributed by atoms with van der Waals surface area (Å²) in [5.41, 5.74) is 3.62. The second-order valence-corrected chi connectivity index (χ2v) is 6.81. The van der Waals surface area contributed by atoms with E-state index in [0.29, 0.717) is 18.2 Å². The Morgan fingerprint density at radius 1 is 1.32 bits per heavy atom. The summed E-state index contributed by atoms with van der Waals surface area (Å²) in [5, 5.41) is 2.92. The molecular formula is C19H25N5O. The molecule has 1 aromatic carbocycles. The number of para-hydroxylation sites is 1.